The van der Waals surface area contributed by atoms with Crippen molar-refractivity contribution in [2.24, 2.45) is 0 Å². The maximum absolute atomic E-state index is 12.4. The summed E-state index contributed by atoms with van der Waals surface area (Å²) in [7, 11) is 1.64. The lowest BCUT2D eigenvalue weighted by Crippen LogP contribution is -1.99. The number of carbonyl (C=O) groups is 1. The van der Waals surface area contributed by atoms with Gasteiger partial charge in [-0.05, 0) is 54.0 Å². The van der Waals surface area contributed by atoms with Crippen molar-refractivity contribution in [2.45, 2.75) is 20.1 Å². The van der Waals surface area contributed by atoms with Gasteiger partial charge in [0.1, 0.15) is 18.1 Å². The van der Waals surface area contributed by atoms with Crippen molar-refractivity contribution in [3.63, 3.8) is 0 Å². The Kier molecular flexibility index (Phi) is 7.00. The molecule has 4 rings (SSSR count). The zero-order valence-corrected chi connectivity index (χ0v) is 18.8. The second kappa shape index (κ2) is 10.5. The van der Waals surface area contributed by atoms with Crippen molar-refractivity contribution in [3.8, 4) is 22.6 Å². The molecule has 0 bridgehead atoms. The van der Waals surface area contributed by atoms with Crippen molar-refractivity contribution in [2.75, 3.05) is 7.11 Å². The van der Waals surface area contributed by atoms with Crippen LogP contribution in [0, 0.1) is 0 Å². The van der Waals surface area contributed by atoms with Gasteiger partial charge in [0.15, 0.2) is 5.78 Å². The van der Waals surface area contributed by atoms with Crippen LogP contribution in [0.15, 0.2) is 91.3 Å². The average Bonchev–Trinajstić information content (AvgIpc) is 3.36. The van der Waals surface area contributed by atoms with Crippen LogP contribution < -0.4 is 9.47 Å². The van der Waals surface area contributed by atoms with Gasteiger partial charge in [0.25, 0.3) is 0 Å². The van der Waals surface area contributed by atoms with Gasteiger partial charge in [-0.2, -0.15) is 5.10 Å². The van der Waals surface area contributed by atoms with Gasteiger partial charge in [0, 0.05) is 18.3 Å². The summed E-state index contributed by atoms with van der Waals surface area (Å²) in [5, 5.41) is 4.15. The normalized spacial score (nSPS) is 11.0. The third kappa shape index (κ3) is 5.57. The van der Waals surface area contributed by atoms with E-state index in [1.165, 1.54) is 5.56 Å². The summed E-state index contributed by atoms with van der Waals surface area (Å²) in [6.45, 7) is 3.07. The van der Waals surface area contributed by atoms with Crippen LogP contribution >= 0.6 is 0 Å². The van der Waals surface area contributed by atoms with Crippen LogP contribution in [0.1, 0.15) is 28.4 Å². The summed E-state index contributed by atoms with van der Waals surface area (Å²) in [6.07, 6.45) is 6.70. The van der Waals surface area contributed by atoms with E-state index in [0.29, 0.717) is 12.2 Å². The summed E-state index contributed by atoms with van der Waals surface area (Å²) in [4.78, 5) is 12.4. The molecule has 0 aliphatic heterocycles. The predicted molar refractivity (Wildman–Crippen MR) is 130 cm³/mol. The Morgan fingerprint density at radius 1 is 1.00 bits per heavy atom. The highest BCUT2D eigenvalue weighted by atomic mass is 16.5. The number of ketones is 1. The average molecular weight is 439 g/mol. The molecule has 0 spiro atoms. The van der Waals surface area contributed by atoms with Crippen molar-refractivity contribution >= 4 is 11.9 Å². The fourth-order valence-electron chi connectivity index (χ4n) is 3.48. The van der Waals surface area contributed by atoms with Gasteiger partial charge in [-0.15, -0.1) is 0 Å². The molecule has 0 amide bonds. The number of carbonyl (C=O) groups excluding carboxylic acids is 1. The minimum Gasteiger partial charge on any atom is -0.496 e. The maximum atomic E-state index is 12.4. The van der Waals surface area contributed by atoms with Crippen LogP contribution in [0.4, 0.5) is 0 Å². The number of ether oxygens (including phenoxy) is 2. The zero-order valence-electron chi connectivity index (χ0n) is 18.8. The molecule has 1 aromatic heterocycles. The molecule has 0 radical (unpaired) electrons. The summed E-state index contributed by atoms with van der Waals surface area (Å²) in [5.74, 6) is 1.44. The van der Waals surface area contributed by atoms with E-state index in [0.717, 1.165) is 34.7 Å². The highest BCUT2D eigenvalue weighted by Gasteiger charge is 2.08. The fraction of sp³-hybridized carbons (Fsp3) is 0.143. The lowest BCUT2D eigenvalue weighted by molar-refractivity contribution is 0.104. The number of rotatable bonds is 9. The Labute approximate surface area is 193 Å². The lowest BCUT2D eigenvalue weighted by Gasteiger charge is -2.12. The van der Waals surface area contributed by atoms with Crippen molar-refractivity contribution in [3.05, 3.63) is 108 Å². The Hall–Kier alpha value is -4.12. The van der Waals surface area contributed by atoms with E-state index in [1.807, 2.05) is 67.6 Å². The van der Waals surface area contributed by atoms with Gasteiger partial charge in [-0.25, -0.2) is 0 Å². The number of hydrogen-bond acceptors (Lipinski definition) is 4. The van der Waals surface area contributed by atoms with E-state index in [4.69, 9.17) is 9.47 Å². The number of hydrogen-bond donors (Lipinski definition) is 0. The quantitative estimate of drug-likeness (QED) is 0.236. The van der Waals surface area contributed by atoms with Crippen LogP contribution in [0.5, 0.6) is 11.5 Å². The number of benzene rings is 3. The first-order chi connectivity index (χ1) is 16.2. The van der Waals surface area contributed by atoms with Crippen LogP contribution in [0.25, 0.3) is 17.2 Å². The molecule has 0 aliphatic carbocycles. The van der Waals surface area contributed by atoms with Crippen LogP contribution in [0.2, 0.25) is 0 Å². The number of aryl methyl sites for hydroxylation is 1. The molecule has 0 saturated heterocycles. The number of aromatic nitrogens is 2. The summed E-state index contributed by atoms with van der Waals surface area (Å²) in [5.41, 5.74) is 4.68. The second-order valence-electron chi connectivity index (χ2n) is 7.53. The lowest BCUT2D eigenvalue weighted by atomic mass is 10.1. The predicted octanol–water partition coefficient (Wildman–Crippen LogP) is 6.05. The summed E-state index contributed by atoms with van der Waals surface area (Å²) < 4.78 is 13.2. The molecular weight excluding hydrogens is 412 g/mol. The third-order valence-electron chi connectivity index (χ3n) is 5.33. The Morgan fingerprint density at radius 3 is 2.45 bits per heavy atom. The van der Waals surface area contributed by atoms with Gasteiger partial charge >= 0.3 is 0 Å². The highest BCUT2D eigenvalue weighted by Crippen LogP contribution is 2.25. The largest absolute Gasteiger partial charge is 0.496 e. The molecule has 5 nitrogen and oxygen atoms in total. The molecule has 4 aromatic rings. The molecule has 0 N–H and O–H groups in total. The van der Waals surface area contributed by atoms with Gasteiger partial charge in [0.2, 0.25) is 0 Å². The van der Waals surface area contributed by atoms with E-state index in [9.17, 15) is 4.79 Å². The first-order valence-corrected chi connectivity index (χ1v) is 10.9. The van der Waals surface area contributed by atoms with E-state index in [1.54, 1.807) is 36.3 Å². The number of methoxy groups -OCH3 is 1. The molecule has 166 valence electrons. The number of nitrogens with zero attached hydrogens (tertiary/aromatic N) is 2. The highest BCUT2D eigenvalue weighted by molar-refractivity contribution is 6.06. The number of allylic oxidation sites excluding steroid dienone is 1. The van der Waals surface area contributed by atoms with Gasteiger partial charge < -0.3 is 9.47 Å². The topological polar surface area (TPSA) is 53.4 Å². The Balaban J connectivity index is 1.44. The smallest absolute Gasteiger partial charge is 0.189 e. The Morgan fingerprint density at radius 2 is 1.76 bits per heavy atom. The molecule has 5 heteroatoms. The van der Waals surface area contributed by atoms with E-state index in [-0.39, 0.29) is 5.78 Å². The molecular formula is C28H26N2O3. The minimum atomic E-state index is -0.0816. The first kappa shape index (κ1) is 22.1. The fourth-order valence-corrected chi connectivity index (χ4v) is 3.48. The van der Waals surface area contributed by atoms with Gasteiger partial charge in [-0.1, -0.05) is 54.6 Å². The van der Waals surface area contributed by atoms with Gasteiger partial charge in [0.05, 0.1) is 18.9 Å². The van der Waals surface area contributed by atoms with Crippen molar-refractivity contribution in [1.29, 1.82) is 0 Å². The molecule has 0 saturated carbocycles. The molecule has 0 fully saturated rings. The Bertz CT molecular complexity index is 1240. The zero-order chi connectivity index (χ0) is 23.0. The van der Waals surface area contributed by atoms with Crippen molar-refractivity contribution < 1.29 is 14.3 Å². The van der Waals surface area contributed by atoms with E-state index in [2.05, 4.69) is 17.2 Å². The maximum Gasteiger partial charge on any atom is 0.189 e. The molecule has 3 aromatic carbocycles. The first-order valence-electron chi connectivity index (χ1n) is 10.9. The molecule has 0 unspecified atom stereocenters. The van der Waals surface area contributed by atoms with Crippen molar-refractivity contribution in [1.82, 2.24) is 9.78 Å². The van der Waals surface area contributed by atoms with E-state index < -0.39 is 0 Å². The molecule has 33 heavy (non-hydrogen) atoms. The van der Waals surface area contributed by atoms with Crippen LogP contribution in [0.3, 0.4) is 0 Å². The van der Waals surface area contributed by atoms with Crippen LogP contribution in [-0.4, -0.2) is 22.7 Å². The molecule has 0 aliphatic rings. The van der Waals surface area contributed by atoms with E-state index >= 15 is 0 Å². The van der Waals surface area contributed by atoms with Crippen LogP contribution in [-0.2, 0) is 13.2 Å². The summed E-state index contributed by atoms with van der Waals surface area (Å²) in [6, 6.07) is 24.0. The molecule has 1 heterocycles. The van der Waals surface area contributed by atoms with Gasteiger partial charge in [-0.3, -0.25) is 9.48 Å². The standard InChI is InChI=1S/C28H26N2O3/c1-3-30-19-25(18-29-30)27(31)15-9-21-10-16-28(32-2)24(17-21)20-33-26-13-11-23(12-14-26)22-7-5-4-6-8-22/h4-19H,3,20H2,1-2H3/b15-9+. The minimum absolute atomic E-state index is 0.0816. The summed E-state index contributed by atoms with van der Waals surface area (Å²) >= 11 is 0. The SMILES string of the molecule is CCn1cc(C(=O)/C=C/c2ccc(OC)c(COc3ccc(-c4ccccc4)cc3)c2)cn1. The second-order valence-corrected chi connectivity index (χ2v) is 7.53. The molecule has 0 atom stereocenters. The monoisotopic (exact) mass is 438 g/mol. The third-order valence-corrected chi connectivity index (χ3v) is 5.33.